The zero-order valence-electron chi connectivity index (χ0n) is 13.9. The van der Waals surface area contributed by atoms with Crippen LogP contribution in [0, 0.1) is 0 Å². The van der Waals surface area contributed by atoms with E-state index in [-0.39, 0.29) is 23.7 Å². The van der Waals surface area contributed by atoms with Gasteiger partial charge in [0.25, 0.3) is 0 Å². The molecule has 0 spiro atoms. The molecule has 1 aromatic rings. The number of nitrogens with zero attached hydrogens (tertiary/aromatic N) is 1. The van der Waals surface area contributed by atoms with Crippen molar-refractivity contribution in [1.82, 2.24) is 9.03 Å². The Labute approximate surface area is 143 Å². The number of rotatable bonds is 7. The second kappa shape index (κ2) is 7.49. The summed E-state index contributed by atoms with van der Waals surface area (Å²) < 4.78 is 52.4. The van der Waals surface area contributed by atoms with Crippen molar-refractivity contribution in [2.24, 2.45) is 0 Å². The molecular weight excluding hydrogens is 352 g/mol. The molecule has 2 rings (SSSR count). The molecule has 24 heavy (non-hydrogen) atoms. The Morgan fingerprint density at radius 2 is 1.96 bits per heavy atom. The molecular formula is C15H24N2O5S2. The number of fused-ring (bicyclic) bond motifs is 1. The molecule has 0 unspecified atom stereocenters. The van der Waals surface area contributed by atoms with Gasteiger partial charge < -0.3 is 5.11 Å². The molecule has 0 amide bonds. The Hall–Kier alpha value is -1.00. The summed E-state index contributed by atoms with van der Waals surface area (Å²) in [5.41, 5.74) is 1.69. The summed E-state index contributed by atoms with van der Waals surface area (Å²) >= 11 is 0. The lowest BCUT2D eigenvalue weighted by molar-refractivity contribution is 0.186. The quantitative estimate of drug-likeness (QED) is 0.719. The van der Waals surface area contributed by atoms with Crippen LogP contribution in [0.1, 0.15) is 31.4 Å². The molecule has 1 aliphatic heterocycles. The number of sulfonamides is 2. The van der Waals surface area contributed by atoms with Gasteiger partial charge in [0.05, 0.1) is 16.8 Å². The third kappa shape index (κ3) is 4.54. The Bertz CT molecular complexity index is 788. The summed E-state index contributed by atoms with van der Waals surface area (Å²) in [6, 6.07) is 4.78. The van der Waals surface area contributed by atoms with Crippen molar-refractivity contribution in [3.63, 3.8) is 0 Å². The number of hydrogen-bond acceptors (Lipinski definition) is 5. The summed E-state index contributed by atoms with van der Waals surface area (Å²) in [7, 11) is -6.87. The van der Waals surface area contributed by atoms with Crippen LogP contribution in [-0.4, -0.2) is 51.2 Å². The largest absolute Gasteiger partial charge is 0.393 e. The fraction of sp³-hybridized carbons (Fsp3) is 0.600. The highest BCUT2D eigenvalue weighted by Gasteiger charge is 2.26. The van der Waals surface area contributed by atoms with E-state index >= 15 is 0 Å². The zero-order valence-corrected chi connectivity index (χ0v) is 15.5. The minimum absolute atomic E-state index is 0.0575. The molecule has 0 aliphatic carbocycles. The van der Waals surface area contributed by atoms with Crippen molar-refractivity contribution < 1.29 is 21.9 Å². The summed E-state index contributed by atoms with van der Waals surface area (Å²) in [5, 5.41) is 9.20. The van der Waals surface area contributed by atoms with E-state index < -0.39 is 26.2 Å². The van der Waals surface area contributed by atoms with Crippen LogP contribution in [0.15, 0.2) is 23.1 Å². The van der Waals surface area contributed by atoms with Gasteiger partial charge in [-0.3, -0.25) is 0 Å². The van der Waals surface area contributed by atoms with Crippen LogP contribution in [0.5, 0.6) is 0 Å². The van der Waals surface area contributed by atoms with Gasteiger partial charge in [-0.25, -0.2) is 21.6 Å². The highest BCUT2D eigenvalue weighted by Crippen LogP contribution is 2.24. The molecule has 1 aromatic carbocycles. The van der Waals surface area contributed by atoms with Crippen LogP contribution in [0.2, 0.25) is 0 Å². The van der Waals surface area contributed by atoms with Crippen molar-refractivity contribution in [2.45, 2.75) is 44.2 Å². The molecule has 0 fully saturated rings. The predicted molar refractivity (Wildman–Crippen MR) is 91.5 cm³/mol. The van der Waals surface area contributed by atoms with Crippen molar-refractivity contribution in [1.29, 1.82) is 0 Å². The van der Waals surface area contributed by atoms with E-state index in [9.17, 15) is 21.9 Å². The minimum Gasteiger partial charge on any atom is -0.393 e. The van der Waals surface area contributed by atoms with E-state index in [1.54, 1.807) is 26.0 Å². The molecule has 0 aromatic heterocycles. The van der Waals surface area contributed by atoms with E-state index in [0.29, 0.717) is 19.4 Å². The summed E-state index contributed by atoms with van der Waals surface area (Å²) in [5.74, 6) is 0.0575. The van der Waals surface area contributed by atoms with Crippen molar-refractivity contribution in [3.05, 3.63) is 29.3 Å². The first-order valence-corrected chi connectivity index (χ1v) is 11.0. The Morgan fingerprint density at radius 1 is 1.25 bits per heavy atom. The Balaban J connectivity index is 2.16. The molecule has 1 heterocycles. The fourth-order valence-electron chi connectivity index (χ4n) is 2.58. The number of aliphatic hydroxyl groups is 1. The molecule has 2 N–H and O–H groups in total. The second-order valence-corrected chi connectivity index (χ2v) is 9.97. The molecule has 0 saturated carbocycles. The topological polar surface area (TPSA) is 104 Å². The molecule has 136 valence electrons. The molecule has 1 atom stereocenters. The van der Waals surface area contributed by atoms with Crippen LogP contribution in [0.3, 0.4) is 0 Å². The van der Waals surface area contributed by atoms with Gasteiger partial charge in [-0.05, 0) is 49.9 Å². The summed E-state index contributed by atoms with van der Waals surface area (Å²) in [4.78, 5) is 0.165. The minimum atomic E-state index is -3.63. The monoisotopic (exact) mass is 376 g/mol. The van der Waals surface area contributed by atoms with E-state index in [0.717, 1.165) is 11.1 Å². The normalized spacial score (nSPS) is 17.5. The first-order valence-electron chi connectivity index (χ1n) is 7.93. The second-order valence-electron chi connectivity index (χ2n) is 5.95. The van der Waals surface area contributed by atoms with Crippen LogP contribution < -0.4 is 4.72 Å². The number of benzene rings is 1. The Morgan fingerprint density at radius 3 is 2.58 bits per heavy atom. The highest BCUT2D eigenvalue weighted by atomic mass is 32.2. The molecule has 1 aliphatic rings. The highest BCUT2D eigenvalue weighted by molar-refractivity contribution is 7.89. The lowest BCUT2D eigenvalue weighted by atomic mass is 10.0. The number of nitrogens with one attached hydrogen (secondary N) is 1. The van der Waals surface area contributed by atoms with Crippen molar-refractivity contribution in [3.8, 4) is 0 Å². The zero-order chi connectivity index (χ0) is 18.0. The average molecular weight is 377 g/mol. The number of hydrogen-bond donors (Lipinski definition) is 2. The Kier molecular flexibility index (Phi) is 6.03. The van der Waals surface area contributed by atoms with Crippen molar-refractivity contribution >= 4 is 20.0 Å². The molecule has 0 bridgehead atoms. The number of aliphatic hydroxyl groups excluding tert-OH is 1. The van der Waals surface area contributed by atoms with Crippen LogP contribution in [0.25, 0.3) is 0 Å². The predicted octanol–water partition coefficient (Wildman–Crippen LogP) is 0.444. The first-order chi connectivity index (χ1) is 11.2. The van der Waals surface area contributed by atoms with Crippen LogP contribution in [-0.2, 0) is 33.0 Å². The van der Waals surface area contributed by atoms with Gasteiger partial charge in [-0.2, -0.15) is 4.31 Å². The average Bonchev–Trinajstić information content (AvgIpc) is 2.53. The molecule has 0 saturated heterocycles. The fourth-order valence-corrected chi connectivity index (χ4v) is 4.74. The third-order valence-corrected chi connectivity index (χ3v) is 7.36. The van der Waals surface area contributed by atoms with E-state index in [2.05, 4.69) is 4.72 Å². The molecule has 9 heteroatoms. The molecule has 0 radical (unpaired) electrons. The summed E-state index contributed by atoms with van der Waals surface area (Å²) in [6.07, 6.45) is 0.266. The van der Waals surface area contributed by atoms with Gasteiger partial charge in [-0.15, -0.1) is 0 Å². The standard InChI is InChI=1S/C15H24N2O5S2/c1-3-23(19,20)17-9-7-13-10-15(5-4-14(13)11-17)24(21,22)16-8-6-12(2)18/h4-5,10,12,16,18H,3,6-9,11H2,1-2H3/t12-/m1/s1. The van der Waals surface area contributed by atoms with Gasteiger partial charge in [0.2, 0.25) is 20.0 Å². The SMILES string of the molecule is CCS(=O)(=O)N1CCc2cc(S(=O)(=O)NCC[C@@H](C)O)ccc2C1. The van der Waals surface area contributed by atoms with Gasteiger partial charge in [-0.1, -0.05) is 6.07 Å². The summed E-state index contributed by atoms with van der Waals surface area (Å²) in [6.45, 7) is 4.02. The smallest absolute Gasteiger partial charge is 0.240 e. The maximum atomic E-state index is 12.3. The van der Waals surface area contributed by atoms with Crippen LogP contribution >= 0.6 is 0 Å². The van der Waals surface area contributed by atoms with Crippen LogP contribution in [0.4, 0.5) is 0 Å². The van der Waals surface area contributed by atoms with E-state index in [1.165, 1.54) is 10.4 Å². The van der Waals surface area contributed by atoms with Gasteiger partial charge in [0.15, 0.2) is 0 Å². The van der Waals surface area contributed by atoms with E-state index in [1.807, 2.05) is 0 Å². The van der Waals surface area contributed by atoms with Gasteiger partial charge in [0, 0.05) is 19.6 Å². The lowest BCUT2D eigenvalue weighted by Crippen LogP contribution is -2.37. The maximum Gasteiger partial charge on any atom is 0.240 e. The molecule has 7 nitrogen and oxygen atoms in total. The van der Waals surface area contributed by atoms with Gasteiger partial charge in [0.1, 0.15) is 0 Å². The lowest BCUT2D eigenvalue weighted by Gasteiger charge is -2.28. The third-order valence-electron chi connectivity index (χ3n) is 4.08. The van der Waals surface area contributed by atoms with Crippen molar-refractivity contribution in [2.75, 3.05) is 18.8 Å². The maximum absolute atomic E-state index is 12.3. The van der Waals surface area contributed by atoms with Gasteiger partial charge >= 0.3 is 0 Å². The first kappa shape index (κ1) is 19.3. The van der Waals surface area contributed by atoms with E-state index in [4.69, 9.17) is 0 Å².